The molecule has 0 radical (unpaired) electrons. The number of piperazine rings is 1. The molecule has 17 heavy (non-hydrogen) atoms. The Labute approximate surface area is 102 Å². The van der Waals surface area contributed by atoms with E-state index in [-0.39, 0.29) is 0 Å². The summed E-state index contributed by atoms with van der Waals surface area (Å²) in [4.78, 5) is 9.29. The largest absolute Gasteiger partial charge is 0.448 e. The first kappa shape index (κ1) is 11.2. The standard InChI is InChI=1S/C12H20N4O/c1-10-12(14-9-17-10)8-15-6-11(7-15)16-4-2-13-3-5-16/h9,11,13H,2-8H2,1H3. The lowest BCUT2D eigenvalue weighted by Crippen LogP contribution is -2.62. The zero-order valence-corrected chi connectivity index (χ0v) is 10.4. The van der Waals surface area contributed by atoms with E-state index < -0.39 is 0 Å². The molecule has 5 nitrogen and oxygen atoms in total. The molecule has 3 rings (SSSR count). The Balaban J connectivity index is 1.46. The molecular weight excluding hydrogens is 216 g/mol. The fourth-order valence-corrected chi connectivity index (χ4v) is 2.64. The van der Waals surface area contributed by atoms with Crippen LogP contribution < -0.4 is 5.32 Å². The summed E-state index contributed by atoms with van der Waals surface area (Å²) in [6.07, 6.45) is 1.54. The summed E-state index contributed by atoms with van der Waals surface area (Å²) < 4.78 is 5.22. The molecule has 0 saturated carbocycles. The highest BCUT2D eigenvalue weighted by Gasteiger charge is 2.32. The highest BCUT2D eigenvalue weighted by Crippen LogP contribution is 2.19. The van der Waals surface area contributed by atoms with Crippen LogP contribution in [0.5, 0.6) is 0 Å². The summed E-state index contributed by atoms with van der Waals surface area (Å²) in [5, 5.41) is 3.40. The van der Waals surface area contributed by atoms with Gasteiger partial charge in [0.25, 0.3) is 0 Å². The second kappa shape index (κ2) is 4.76. The van der Waals surface area contributed by atoms with E-state index in [1.165, 1.54) is 32.6 Å². The quantitative estimate of drug-likeness (QED) is 0.805. The maximum absolute atomic E-state index is 5.22. The van der Waals surface area contributed by atoms with Crippen molar-refractivity contribution in [3.8, 4) is 0 Å². The topological polar surface area (TPSA) is 44.5 Å². The van der Waals surface area contributed by atoms with E-state index >= 15 is 0 Å². The van der Waals surface area contributed by atoms with Gasteiger partial charge >= 0.3 is 0 Å². The van der Waals surface area contributed by atoms with Gasteiger partial charge in [-0.05, 0) is 6.92 Å². The van der Waals surface area contributed by atoms with Crippen molar-refractivity contribution in [2.45, 2.75) is 19.5 Å². The molecule has 1 aromatic heterocycles. The van der Waals surface area contributed by atoms with Crippen molar-refractivity contribution in [1.82, 2.24) is 20.1 Å². The van der Waals surface area contributed by atoms with Crippen LogP contribution >= 0.6 is 0 Å². The third-order valence-electron chi connectivity index (χ3n) is 3.82. The second-order valence-electron chi connectivity index (χ2n) is 4.99. The van der Waals surface area contributed by atoms with Crippen molar-refractivity contribution in [3.63, 3.8) is 0 Å². The number of nitrogens with zero attached hydrogens (tertiary/aromatic N) is 3. The molecule has 0 spiro atoms. The number of aryl methyl sites for hydroxylation is 1. The van der Waals surface area contributed by atoms with E-state index in [4.69, 9.17) is 4.42 Å². The molecule has 94 valence electrons. The van der Waals surface area contributed by atoms with Gasteiger partial charge in [-0.25, -0.2) is 4.98 Å². The first-order chi connectivity index (χ1) is 8.33. The van der Waals surface area contributed by atoms with Gasteiger partial charge in [0.1, 0.15) is 5.76 Å². The molecule has 1 aromatic rings. The first-order valence-corrected chi connectivity index (χ1v) is 6.39. The minimum absolute atomic E-state index is 0.754. The number of rotatable bonds is 3. The van der Waals surface area contributed by atoms with Gasteiger partial charge in [-0.3, -0.25) is 9.80 Å². The van der Waals surface area contributed by atoms with Crippen molar-refractivity contribution in [3.05, 3.63) is 17.8 Å². The first-order valence-electron chi connectivity index (χ1n) is 6.39. The molecule has 2 aliphatic rings. The molecule has 5 heteroatoms. The van der Waals surface area contributed by atoms with Gasteiger partial charge in [0.15, 0.2) is 6.39 Å². The van der Waals surface area contributed by atoms with Gasteiger partial charge in [0.05, 0.1) is 5.69 Å². The molecular formula is C12H20N4O. The fourth-order valence-electron chi connectivity index (χ4n) is 2.64. The molecule has 2 aliphatic heterocycles. The zero-order valence-electron chi connectivity index (χ0n) is 10.4. The van der Waals surface area contributed by atoms with E-state index in [0.29, 0.717) is 0 Å². The zero-order chi connectivity index (χ0) is 11.7. The summed E-state index contributed by atoms with van der Waals surface area (Å²) in [6, 6.07) is 0.754. The number of likely N-dealkylation sites (tertiary alicyclic amines) is 1. The van der Waals surface area contributed by atoms with E-state index in [1.807, 2.05) is 6.92 Å². The average molecular weight is 236 g/mol. The van der Waals surface area contributed by atoms with Crippen molar-refractivity contribution in [2.24, 2.45) is 0 Å². The van der Waals surface area contributed by atoms with Crippen LogP contribution in [-0.2, 0) is 6.54 Å². The molecule has 0 atom stereocenters. The van der Waals surface area contributed by atoms with Crippen LogP contribution in [0.1, 0.15) is 11.5 Å². The number of aromatic nitrogens is 1. The third-order valence-corrected chi connectivity index (χ3v) is 3.82. The molecule has 2 saturated heterocycles. The number of nitrogens with one attached hydrogen (secondary N) is 1. The molecule has 2 fully saturated rings. The van der Waals surface area contributed by atoms with E-state index in [2.05, 4.69) is 20.1 Å². The molecule has 0 amide bonds. The minimum atomic E-state index is 0.754. The monoisotopic (exact) mass is 236 g/mol. The SMILES string of the molecule is Cc1ocnc1CN1CC(N2CCNCC2)C1. The molecule has 0 aromatic carbocycles. The molecule has 3 heterocycles. The minimum Gasteiger partial charge on any atom is -0.448 e. The smallest absolute Gasteiger partial charge is 0.181 e. The Morgan fingerprint density at radius 3 is 2.82 bits per heavy atom. The van der Waals surface area contributed by atoms with Crippen LogP contribution in [0.2, 0.25) is 0 Å². The summed E-state index contributed by atoms with van der Waals surface area (Å²) >= 11 is 0. The summed E-state index contributed by atoms with van der Waals surface area (Å²) in [5.41, 5.74) is 1.09. The van der Waals surface area contributed by atoms with E-state index in [1.54, 1.807) is 0 Å². The number of hydrogen-bond acceptors (Lipinski definition) is 5. The average Bonchev–Trinajstić information content (AvgIpc) is 2.70. The highest BCUT2D eigenvalue weighted by atomic mass is 16.3. The van der Waals surface area contributed by atoms with Crippen molar-refractivity contribution in [2.75, 3.05) is 39.3 Å². The Bertz CT molecular complexity index is 366. The lowest BCUT2D eigenvalue weighted by molar-refractivity contribution is 0.0214. The van der Waals surface area contributed by atoms with Gasteiger partial charge in [-0.2, -0.15) is 0 Å². The summed E-state index contributed by atoms with van der Waals surface area (Å²) in [7, 11) is 0. The Morgan fingerprint density at radius 1 is 1.41 bits per heavy atom. The van der Waals surface area contributed by atoms with Crippen molar-refractivity contribution in [1.29, 1.82) is 0 Å². The second-order valence-corrected chi connectivity index (χ2v) is 4.99. The lowest BCUT2D eigenvalue weighted by atomic mass is 10.1. The van der Waals surface area contributed by atoms with Gasteiger partial charge in [0, 0.05) is 51.9 Å². The fraction of sp³-hybridized carbons (Fsp3) is 0.750. The van der Waals surface area contributed by atoms with Crippen LogP contribution in [0.4, 0.5) is 0 Å². The van der Waals surface area contributed by atoms with Gasteiger partial charge in [0.2, 0.25) is 0 Å². The van der Waals surface area contributed by atoms with Crippen LogP contribution in [0.3, 0.4) is 0 Å². The number of hydrogen-bond donors (Lipinski definition) is 1. The van der Waals surface area contributed by atoms with Crippen LogP contribution in [-0.4, -0.2) is 60.1 Å². The Hall–Kier alpha value is -0.910. The van der Waals surface area contributed by atoms with E-state index in [0.717, 1.165) is 37.1 Å². The van der Waals surface area contributed by atoms with Gasteiger partial charge in [-0.15, -0.1) is 0 Å². The van der Waals surface area contributed by atoms with E-state index in [9.17, 15) is 0 Å². The molecule has 1 N–H and O–H groups in total. The summed E-state index contributed by atoms with van der Waals surface area (Å²) in [5.74, 6) is 0.954. The Kier molecular flexibility index (Phi) is 3.13. The van der Waals surface area contributed by atoms with Gasteiger partial charge in [-0.1, -0.05) is 0 Å². The third kappa shape index (κ3) is 2.36. The van der Waals surface area contributed by atoms with Crippen LogP contribution in [0, 0.1) is 6.92 Å². The lowest BCUT2D eigenvalue weighted by Gasteiger charge is -2.46. The maximum Gasteiger partial charge on any atom is 0.181 e. The Morgan fingerprint density at radius 2 is 2.18 bits per heavy atom. The van der Waals surface area contributed by atoms with Crippen LogP contribution in [0.15, 0.2) is 10.8 Å². The molecule has 0 aliphatic carbocycles. The van der Waals surface area contributed by atoms with Crippen LogP contribution in [0.25, 0.3) is 0 Å². The van der Waals surface area contributed by atoms with Crippen molar-refractivity contribution < 1.29 is 4.42 Å². The normalized spacial score (nSPS) is 23.8. The maximum atomic E-state index is 5.22. The highest BCUT2D eigenvalue weighted by molar-refractivity contribution is 5.06. The predicted octanol–water partition coefficient (Wildman–Crippen LogP) is 0.0724. The molecule has 0 bridgehead atoms. The van der Waals surface area contributed by atoms with Gasteiger partial charge < -0.3 is 9.73 Å². The van der Waals surface area contributed by atoms with Crippen molar-refractivity contribution >= 4 is 0 Å². The predicted molar refractivity (Wildman–Crippen MR) is 64.7 cm³/mol. The number of oxazole rings is 1. The molecule has 0 unspecified atom stereocenters. The summed E-state index contributed by atoms with van der Waals surface area (Å²) in [6.45, 7) is 9.93.